The van der Waals surface area contributed by atoms with Crippen LogP contribution in [0.4, 0.5) is 19.1 Å². The predicted molar refractivity (Wildman–Crippen MR) is 96.9 cm³/mol. The van der Waals surface area contributed by atoms with Crippen molar-refractivity contribution in [2.75, 3.05) is 5.32 Å². The molecule has 1 aromatic carbocycles. The van der Waals surface area contributed by atoms with Crippen LogP contribution in [-0.2, 0) is 0 Å². The lowest BCUT2D eigenvalue weighted by Gasteiger charge is -2.17. The number of hydrogen-bond donors (Lipinski definition) is 3. The highest BCUT2D eigenvalue weighted by atomic mass is 35.5. The van der Waals surface area contributed by atoms with Crippen LogP contribution in [0.3, 0.4) is 0 Å². The van der Waals surface area contributed by atoms with Gasteiger partial charge < -0.3 is 15.4 Å². The third-order valence-corrected chi connectivity index (χ3v) is 3.35. The number of aliphatic imine (C=N–C) groups is 1. The van der Waals surface area contributed by atoms with E-state index < -0.39 is 24.1 Å². The monoisotopic (exact) mass is 414 g/mol. The molecule has 0 fully saturated rings. The van der Waals surface area contributed by atoms with Crippen molar-refractivity contribution in [2.45, 2.75) is 19.3 Å². The molecule has 0 bridgehead atoms. The lowest BCUT2D eigenvalue weighted by molar-refractivity contribution is -0.274. The maximum absolute atomic E-state index is 12.4. The summed E-state index contributed by atoms with van der Waals surface area (Å²) in [5.41, 5.74) is -0.149. The molecule has 1 atom stereocenters. The maximum Gasteiger partial charge on any atom is 0.573 e. The summed E-state index contributed by atoms with van der Waals surface area (Å²) in [5.74, 6) is -1.02. The molecule has 1 amide bonds. The highest BCUT2D eigenvalue weighted by Gasteiger charge is 2.31. The Bertz CT molecular complexity index is 876. The van der Waals surface area contributed by atoms with Crippen molar-refractivity contribution in [1.82, 2.24) is 15.3 Å². The number of amides is 1. The van der Waals surface area contributed by atoms with Gasteiger partial charge in [0, 0.05) is 23.0 Å². The quantitative estimate of drug-likeness (QED) is 0.496. The first-order valence-electron chi connectivity index (χ1n) is 7.66. The van der Waals surface area contributed by atoms with Crippen LogP contribution in [0.25, 0.3) is 0 Å². The van der Waals surface area contributed by atoms with E-state index in [1.54, 1.807) is 13.0 Å². The summed E-state index contributed by atoms with van der Waals surface area (Å²) in [4.78, 5) is 24.1. The number of nitrogens with one attached hydrogen (secondary N) is 3. The van der Waals surface area contributed by atoms with Crippen LogP contribution in [0, 0.1) is 5.41 Å². The van der Waals surface area contributed by atoms with Gasteiger partial charge in [-0.05, 0) is 31.2 Å². The number of hydrogen-bond acceptors (Lipinski definition) is 5. The first-order valence-corrected chi connectivity index (χ1v) is 8.03. The number of ether oxygens (including phenoxy) is 1. The van der Waals surface area contributed by atoms with Crippen molar-refractivity contribution in [1.29, 1.82) is 5.41 Å². The molecule has 1 heterocycles. The molecule has 0 aliphatic heterocycles. The zero-order chi connectivity index (χ0) is 20.7. The number of carbonyl (C=O) groups is 1. The van der Waals surface area contributed by atoms with E-state index in [-0.39, 0.29) is 22.4 Å². The van der Waals surface area contributed by atoms with Gasteiger partial charge >= 0.3 is 6.36 Å². The SMILES string of the molecule is CC(NC(=O)c1cc(Cl)cc(OC(F)(F)F)c1)/C(=N/C=N)Nc1ncccn1. The molecule has 28 heavy (non-hydrogen) atoms. The van der Waals surface area contributed by atoms with E-state index in [9.17, 15) is 18.0 Å². The van der Waals surface area contributed by atoms with Gasteiger partial charge in [-0.3, -0.25) is 10.2 Å². The zero-order valence-corrected chi connectivity index (χ0v) is 15.0. The van der Waals surface area contributed by atoms with Gasteiger partial charge in [0.25, 0.3) is 5.91 Å². The van der Waals surface area contributed by atoms with Crippen LogP contribution in [0.1, 0.15) is 17.3 Å². The second-order valence-electron chi connectivity index (χ2n) is 5.26. The Kier molecular flexibility index (Phi) is 6.88. The molecule has 2 aromatic rings. The molecule has 0 aliphatic carbocycles. The normalized spacial score (nSPS) is 12.8. The Hall–Kier alpha value is -3.21. The molecule has 0 aliphatic rings. The van der Waals surface area contributed by atoms with Crippen LogP contribution in [-0.4, -0.2) is 40.5 Å². The van der Waals surface area contributed by atoms with E-state index in [0.29, 0.717) is 0 Å². The highest BCUT2D eigenvalue weighted by molar-refractivity contribution is 6.31. The van der Waals surface area contributed by atoms with E-state index >= 15 is 0 Å². The fourth-order valence-electron chi connectivity index (χ4n) is 2.03. The van der Waals surface area contributed by atoms with Gasteiger partial charge in [-0.1, -0.05) is 11.6 Å². The van der Waals surface area contributed by atoms with Gasteiger partial charge in [0.2, 0.25) is 5.95 Å². The van der Waals surface area contributed by atoms with E-state index in [0.717, 1.165) is 18.5 Å². The Balaban J connectivity index is 2.15. The Morgan fingerprint density at radius 2 is 2.00 bits per heavy atom. The number of alkyl halides is 3. The first-order chi connectivity index (χ1) is 13.2. The molecule has 1 aromatic heterocycles. The number of halogens is 4. The van der Waals surface area contributed by atoms with Crippen molar-refractivity contribution in [3.63, 3.8) is 0 Å². The molecule has 148 valence electrons. The second-order valence-corrected chi connectivity index (χ2v) is 5.70. The van der Waals surface area contributed by atoms with Crippen molar-refractivity contribution in [3.8, 4) is 5.75 Å². The van der Waals surface area contributed by atoms with Crippen LogP contribution >= 0.6 is 11.6 Å². The fraction of sp³-hybridized carbons (Fsp3) is 0.188. The molecule has 0 spiro atoms. The van der Waals surface area contributed by atoms with Gasteiger partial charge in [0.15, 0.2) is 0 Å². The highest BCUT2D eigenvalue weighted by Crippen LogP contribution is 2.27. The van der Waals surface area contributed by atoms with Gasteiger partial charge in [0.1, 0.15) is 17.9 Å². The molecule has 0 saturated heterocycles. The number of nitrogens with zero attached hydrogens (tertiary/aromatic N) is 3. The third-order valence-electron chi connectivity index (χ3n) is 3.13. The minimum Gasteiger partial charge on any atom is -0.406 e. The molecule has 3 N–H and O–H groups in total. The topological polar surface area (TPSA) is 112 Å². The first kappa shape index (κ1) is 21.1. The molecule has 0 radical (unpaired) electrons. The van der Waals surface area contributed by atoms with Gasteiger partial charge in [-0.15, -0.1) is 13.2 Å². The number of rotatable bonds is 6. The van der Waals surface area contributed by atoms with E-state index in [4.69, 9.17) is 17.0 Å². The molecular formula is C16H14ClF3N6O2. The zero-order valence-electron chi connectivity index (χ0n) is 14.3. The smallest absolute Gasteiger partial charge is 0.406 e. The van der Waals surface area contributed by atoms with Gasteiger partial charge in [0.05, 0.1) is 6.04 Å². The Labute approximate surface area is 162 Å². The van der Waals surface area contributed by atoms with E-state index in [1.165, 1.54) is 18.5 Å². The maximum atomic E-state index is 12.4. The summed E-state index contributed by atoms with van der Waals surface area (Å²) < 4.78 is 41.0. The lowest BCUT2D eigenvalue weighted by atomic mass is 10.2. The second kappa shape index (κ2) is 9.13. The largest absolute Gasteiger partial charge is 0.573 e. The summed E-state index contributed by atoms with van der Waals surface area (Å²) in [6.45, 7) is 1.55. The molecule has 1 unspecified atom stereocenters. The fourth-order valence-corrected chi connectivity index (χ4v) is 2.26. The van der Waals surface area contributed by atoms with Gasteiger partial charge in [-0.25, -0.2) is 15.0 Å². The number of amidine groups is 1. The number of benzene rings is 1. The number of anilines is 1. The average molecular weight is 415 g/mol. The molecule has 8 nitrogen and oxygen atoms in total. The molecule has 0 saturated carbocycles. The number of aromatic nitrogens is 2. The Morgan fingerprint density at radius 1 is 1.32 bits per heavy atom. The van der Waals surface area contributed by atoms with E-state index in [2.05, 4.69) is 30.3 Å². The lowest BCUT2D eigenvalue weighted by Crippen LogP contribution is -2.42. The third kappa shape index (κ3) is 6.50. The van der Waals surface area contributed by atoms with Crippen LogP contribution in [0.15, 0.2) is 41.7 Å². The predicted octanol–water partition coefficient (Wildman–Crippen LogP) is 3.26. The summed E-state index contributed by atoms with van der Waals surface area (Å²) in [6.07, 6.45) is -1.21. The summed E-state index contributed by atoms with van der Waals surface area (Å²) in [5, 5.41) is 12.3. The van der Waals surface area contributed by atoms with Gasteiger partial charge in [-0.2, -0.15) is 0 Å². The summed E-state index contributed by atoms with van der Waals surface area (Å²) in [6, 6.07) is 3.87. The minimum atomic E-state index is -4.92. The van der Waals surface area contributed by atoms with Crippen molar-refractivity contribution in [3.05, 3.63) is 47.2 Å². The average Bonchev–Trinajstić information content (AvgIpc) is 2.60. The van der Waals surface area contributed by atoms with E-state index in [1.807, 2.05) is 0 Å². The Morgan fingerprint density at radius 3 is 2.61 bits per heavy atom. The summed E-state index contributed by atoms with van der Waals surface area (Å²) >= 11 is 5.77. The van der Waals surface area contributed by atoms with Crippen LogP contribution in [0.5, 0.6) is 5.75 Å². The van der Waals surface area contributed by atoms with Crippen LogP contribution in [0.2, 0.25) is 5.02 Å². The standard InChI is InChI=1S/C16H14ClF3N6O2/c1-9(13(24-8-21)26-15-22-3-2-4-23-15)25-14(27)10-5-11(17)7-12(6-10)28-16(18,19)20/h2-9H,1H3,(H,25,27)(H2,21,22,23,24,26). The molecule has 12 heteroatoms. The molecular weight excluding hydrogens is 401 g/mol. The van der Waals surface area contributed by atoms with Crippen LogP contribution < -0.4 is 15.4 Å². The van der Waals surface area contributed by atoms with Crippen molar-refractivity contribution < 1.29 is 22.7 Å². The van der Waals surface area contributed by atoms with Crippen molar-refractivity contribution in [2.24, 2.45) is 4.99 Å². The summed E-state index contributed by atoms with van der Waals surface area (Å²) in [7, 11) is 0. The molecule has 2 rings (SSSR count). The van der Waals surface area contributed by atoms with Crippen molar-refractivity contribution >= 4 is 35.6 Å². The number of carbonyl (C=O) groups excluding carboxylic acids is 1. The minimum absolute atomic E-state index is 0.108.